The summed E-state index contributed by atoms with van der Waals surface area (Å²) in [5.74, 6) is 1.40. The van der Waals surface area contributed by atoms with Gasteiger partial charge in [0.05, 0.1) is 5.56 Å². The zero-order chi connectivity index (χ0) is 20.2. The third kappa shape index (κ3) is 4.61. The molecule has 3 N–H and O–H groups in total. The van der Waals surface area contributed by atoms with E-state index in [9.17, 15) is 9.59 Å². The molecular formula is C22H34N4O2S. The molecule has 0 spiro atoms. The minimum Gasteiger partial charge on any atom is -0.337 e. The number of thiophene rings is 1. The van der Waals surface area contributed by atoms with Gasteiger partial charge in [-0.3, -0.25) is 4.79 Å². The Morgan fingerprint density at radius 1 is 1.07 bits per heavy atom. The van der Waals surface area contributed by atoms with Crippen LogP contribution in [0.4, 0.5) is 4.79 Å². The van der Waals surface area contributed by atoms with Crippen molar-refractivity contribution in [2.24, 2.45) is 11.7 Å². The van der Waals surface area contributed by atoms with Crippen molar-refractivity contribution in [1.82, 2.24) is 15.1 Å². The van der Waals surface area contributed by atoms with Crippen LogP contribution in [0.25, 0.3) is 0 Å². The maximum atomic E-state index is 13.3. The zero-order valence-electron chi connectivity index (χ0n) is 17.3. The summed E-state index contributed by atoms with van der Waals surface area (Å²) in [6.45, 7) is 3.43. The first-order chi connectivity index (χ1) is 14.2. The highest BCUT2D eigenvalue weighted by Crippen LogP contribution is 2.37. The average molecular weight is 419 g/mol. The molecule has 3 fully saturated rings. The van der Waals surface area contributed by atoms with E-state index in [1.54, 1.807) is 11.3 Å². The molecule has 2 aliphatic heterocycles. The van der Waals surface area contributed by atoms with E-state index in [2.05, 4.69) is 21.7 Å². The molecule has 2 unspecified atom stereocenters. The van der Waals surface area contributed by atoms with Crippen LogP contribution in [0.15, 0.2) is 11.4 Å². The molecule has 1 saturated carbocycles. The Labute approximate surface area is 177 Å². The predicted octanol–water partition coefficient (Wildman–Crippen LogP) is 3.39. The Hall–Kier alpha value is -1.60. The molecule has 0 radical (unpaired) electrons. The maximum Gasteiger partial charge on any atom is 0.317 e. The van der Waals surface area contributed by atoms with Crippen LogP contribution in [0.2, 0.25) is 0 Å². The Morgan fingerprint density at radius 3 is 2.62 bits per heavy atom. The standard InChI is InChI=1S/C22H34N4O2S/c23-9-10-24-22(28)25-12-7-17(8-13-25)20-14-18(15-29-20)21(27)26-11-3-5-16-4-1-2-6-19(16)26/h14-17,19H,1-13,23H2,(H,24,28). The van der Waals surface area contributed by atoms with Gasteiger partial charge in [-0.05, 0) is 56.4 Å². The second-order valence-corrected chi connectivity index (χ2v) is 9.72. The van der Waals surface area contributed by atoms with Crippen LogP contribution in [0, 0.1) is 5.92 Å². The highest BCUT2D eigenvalue weighted by molar-refractivity contribution is 7.10. The van der Waals surface area contributed by atoms with E-state index in [-0.39, 0.29) is 11.9 Å². The number of fused-ring (bicyclic) bond motifs is 1. The molecule has 3 aliphatic rings. The number of nitrogens with two attached hydrogens (primary N) is 1. The Bertz CT molecular complexity index is 711. The average Bonchev–Trinajstić information content (AvgIpc) is 3.27. The fraction of sp³-hybridized carbons (Fsp3) is 0.727. The van der Waals surface area contributed by atoms with Crippen molar-refractivity contribution in [3.63, 3.8) is 0 Å². The van der Waals surface area contributed by atoms with Crippen LogP contribution in [-0.4, -0.2) is 60.5 Å². The molecule has 7 heteroatoms. The second-order valence-electron chi connectivity index (χ2n) is 8.77. The van der Waals surface area contributed by atoms with E-state index in [4.69, 9.17) is 5.73 Å². The summed E-state index contributed by atoms with van der Waals surface area (Å²) in [7, 11) is 0. The van der Waals surface area contributed by atoms with E-state index >= 15 is 0 Å². The summed E-state index contributed by atoms with van der Waals surface area (Å²) in [5, 5.41) is 4.91. The normalized spacial score (nSPS) is 25.6. The molecule has 160 valence electrons. The van der Waals surface area contributed by atoms with Crippen LogP contribution in [0.1, 0.15) is 72.5 Å². The van der Waals surface area contributed by atoms with Crippen molar-refractivity contribution in [2.75, 3.05) is 32.7 Å². The Balaban J connectivity index is 1.35. The molecule has 3 heterocycles. The zero-order valence-corrected chi connectivity index (χ0v) is 18.1. The van der Waals surface area contributed by atoms with Crippen molar-refractivity contribution in [3.8, 4) is 0 Å². The number of hydrogen-bond donors (Lipinski definition) is 2. The van der Waals surface area contributed by atoms with Gasteiger partial charge in [0.15, 0.2) is 0 Å². The summed E-state index contributed by atoms with van der Waals surface area (Å²) in [5.41, 5.74) is 6.33. The Kier molecular flexibility index (Phi) is 6.75. The summed E-state index contributed by atoms with van der Waals surface area (Å²) in [4.78, 5) is 30.7. The molecule has 1 aromatic rings. The number of carbonyl (C=O) groups is 2. The molecule has 2 atom stereocenters. The second kappa shape index (κ2) is 9.47. The summed E-state index contributed by atoms with van der Waals surface area (Å²) in [6, 6.07) is 2.58. The molecule has 4 rings (SSSR count). The number of amides is 3. The van der Waals surface area contributed by atoms with Crippen molar-refractivity contribution in [2.45, 2.75) is 63.3 Å². The SMILES string of the molecule is NCCNC(=O)N1CCC(c2cc(C(=O)N3CCCC4CCCCC43)cs2)CC1. The van der Waals surface area contributed by atoms with Gasteiger partial charge < -0.3 is 20.9 Å². The van der Waals surface area contributed by atoms with E-state index in [0.717, 1.165) is 44.5 Å². The van der Waals surface area contributed by atoms with Gasteiger partial charge >= 0.3 is 6.03 Å². The van der Waals surface area contributed by atoms with Gasteiger partial charge in [-0.2, -0.15) is 0 Å². The lowest BCUT2D eigenvalue weighted by Crippen LogP contribution is -2.49. The maximum absolute atomic E-state index is 13.3. The summed E-state index contributed by atoms with van der Waals surface area (Å²) < 4.78 is 0. The minimum absolute atomic E-state index is 0.0110. The van der Waals surface area contributed by atoms with Gasteiger partial charge in [0.2, 0.25) is 0 Å². The molecule has 2 saturated heterocycles. The number of urea groups is 1. The first-order valence-corrected chi connectivity index (χ1v) is 12.2. The highest BCUT2D eigenvalue weighted by Gasteiger charge is 2.36. The van der Waals surface area contributed by atoms with Crippen LogP contribution < -0.4 is 11.1 Å². The van der Waals surface area contributed by atoms with E-state index in [1.165, 1.54) is 37.0 Å². The van der Waals surface area contributed by atoms with Gasteiger partial charge in [-0.25, -0.2) is 4.79 Å². The number of carbonyl (C=O) groups excluding carboxylic acids is 2. The smallest absolute Gasteiger partial charge is 0.317 e. The van der Waals surface area contributed by atoms with Crippen LogP contribution in [-0.2, 0) is 0 Å². The van der Waals surface area contributed by atoms with E-state index in [0.29, 0.717) is 31.0 Å². The number of nitrogens with zero attached hydrogens (tertiary/aromatic N) is 2. The van der Waals surface area contributed by atoms with E-state index < -0.39 is 0 Å². The number of likely N-dealkylation sites (tertiary alicyclic amines) is 2. The topological polar surface area (TPSA) is 78.7 Å². The third-order valence-corrected chi connectivity index (χ3v) is 8.07. The molecule has 29 heavy (non-hydrogen) atoms. The monoisotopic (exact) mass is 418 g/mol. The van der Waals surface area contributed by atoms with Gasteiger partial charge in [0, 0.05) is 49.0 Å². The van der Waals surface area contributed by atoms with E-state index in [1.807, 2.05) is 4.90 Å². The van der Waals surface area contributed by atoms with Crippen molar-refractivity contribution in [3.05, 3.63) is 21.9 Å². The first-order valence-electron chi connectivity index (χ1n) is 11.3. The lowest BCUT2D eigenvalue weighted by molar-refractivity contribution is 0.0391. The van der Waals surface area contributed by atoms with Gasteiger partial charge in [-0.15, -0.1) is 11.3 Å². The first kappa shape index (κ1) is 20.7. The minimum atomic E-state index is -0.0110. The summed E-state index contributed by atoms with van der Waals surface area (Å²) in [6.07, 6.45) is 9.41. The quantitative estimate of drug-likeness (QED) is 0.787. The molecule has 1 aromatic heterocycles. The fourth-order valence-corrected chi connectivity index (χ4v) is 6.43. The van der Waals surface area contributed by atoms with Crippen molar-refractivity contribution >= 4 is 23.3 Å². The van der Waals surface area contributed by atoms with Crippen molar-refractivity contribution in [1.29, 1.82) is 0 Å². The number of hydrogen-bond acceptors (Lipinski definition) is 4. The highest BCUT2D eigenvalue weighted by atomic mass is 32.1. The van der Waals surface area contributed by atoms with Gasteiger partial charge in [-0.1, -0.05) is 12.8 Å². The fourth-order valence-electron chi connectivity index (χ4n) is 5.38. The lowest BCUT2D eigenvalue weighted by atomic mass is 9.78. The van der Waals surface area contributed by atoms with Crippen LogP contribution in [0.3, 0.4) is 0 Å². The third-order valence-electron chi connectivity index (χ3n) is 6.98. The van der Waals surface area contributed by atoms with Crippen LogP contribution >= 0.6 is 11.3 Å². The number of nitrogens with one attached hydrogen (secondary N) is 1. The van der Waals surface area contributed by atoms with Gasteiger partial charge in [0.1, 0.15) is 0 Å². The lowest BCUT2D eigenvalue weighted by Gasteiger charge is -2.44. The molecule has 3 amide bonds. The predicted molar refractivity (Wildman–Crippen MR) is 116 cm³/mol. The molecule has 0 bridgehead atoms. The molecule has 0 aromatic carbocycles. The molecular weight excluding hydrogens is 384 g/mol. The van der Waals surface area contributed by atoms with Gasteiger partial charge in [0.25, 0.3) is 5.91 Å². The Morgan fingerprint density at radius 2 is 1.83 bits per heavy atom. The number of piperidine rings is 2. The van der Waals surface area contributed by atoms with Crippen LogP contribution in [0.5, 0.6) is 0 Å². The molecule has 6 nitrogen and oxygen atoms in total. The summed E-state index contributed by atoms with van der Waals surface area (Å²) >= 11 is 1.72. The molecule has 1 aliphatic carbocycles. The largest absolute Gasteiger partial charge is 0.337 e. The van der Waals surface area contributed by atoms with Crippen molar-refractivity contribution < 1.29 is 9.59 Å². The number of rotatable bonds is 4.